The Balaban J connectivity index is 2.10. The van der Waals surface area contributed by atoms with E-state index in [-0.39, 0.29) is 20.6 Å². The first kappa shape index (κ1) is 15.7. The highest BCUT2D eigenvalue weighted by atomic mass is 35.5. The highest BCUT2D eigenvalue weighted by Gasteiger charge is 2.32. The molecule has 1 aliphatic heterocycles. The lowest BCUT2D eigenvalue weighted by Gasteiger charge is -2.31. The van der Waals surface area contributed by atoms with Gasteiger partial charge in [-0.25, -0.2) is 13.4 Å². The molecule has 1 fully saturated rings. The van der Waals surface area contributed by atoms with Crippen LogP contribution < -0.4 is 5.32 Å². The molecule has 0 bridgehead atoms. The number of halogens is 1. The molecule has 1 aromatic heterocycles. The van der Waals surface area contributed by atoms with Gasteiger partial charge in [-0.1, -0.05) is 22.9 Å². The molecule has 6 nitrogen and oxygen atoms in total. The predicted octanol–water partition coefficient (Wildman–Crippen LogP) is 1.39. The molecule has 1 aromatic rings. The first-order chi connectivity index (χ1) is 9.30. The van der Waals surface area contributed by atoms with Gasteiger partial charge in [0.15, 0.2) is 8.68 Å². The van der Waals surface area contributed by atoms with Crippen LogP contribution in [-0.2, 0) is 14.8 Å². The van der Waals surface area contributed by atoms with Crippen molar-refractivity contribution in [3.05, 3.63) is 10.2 Å². The van der Waals surface area contributed by atoms with Gasteiger partial charge in [0, 0.05) is 26.1 Å². The van der Waals surface area contributed by atoms with Crippen LogP contribution >= 0.6 is 22.9 Å². The minimum atomic E-state index is -3.53. The number of amides is 1. The molecule has 0 atom stereocenters. The predicted molar refractivity (Wildman–Crippen MR) is 77.5 cm³/mol. The molecule has 20 heavy (non-hydrogen) atoms. The standard InChI is InChI=1S/C11H16ClN3O3S2/c1-7-10(19-11(12)13-7)20(17,18)15-5-3-9(4-6-15)14-8(2)16/h9H,3-6H2,1-2H3,(H,14,16). The van der Waals surface area contributed by atoms with Gasteiger partial charge in [-0.3, -0.25) is 4.79 Å². The zero-order valence-electron chi connectivity index (χ0n) is 11.2. The van der Waals surface area contributed by atoms with Crippen LogP contribution in [0.3, 0.4) is 0 Å². The molecular weight excluding hydrogens is 322 g/mol. The lowest BCUT2D eigenvalue weighted by molar-refractivity contribution is -0.119. The summed E-state index contributed by atoms with van der Waals surface area (Å²) in [5.41, 5.74) is 0.434. The molecule has 0 spiro atoms. The molecule has 2 rings (SSSR count). The third-order valence-electron chi connectivity index (χ3n) is 3.16. The van der Waals surface area contributed by atoms with Crippen molar-refractivity contribution in [2.24, 2.45) is 0 Å². The first-order valence-electron chi connectivity index (χ1n) is 6.21. The molecule has 0 saturated carbocycles. The molecule has 0 aliphatic carbocycles. The molecule has 0 radical (unpaired) electrons. The summed E-state index contributed by atoms with van der Waals surface area (Å²) in [7, 11) is -3.53. The van der Waals surface area contributed by atoms with E-state index in [0.29, 0.717) is 31.6 Å². The smallest absolute Gasteiger partial charge is 0.254 e. The summed E-state index contributed by atoms with van der Waals surface area (Å²) in [6.07, 6.45) is 1.23. The Hall–Kier alpha value is -0.700. The highest BCUT2D eigenvalue weighted by Crippen LogP contribution is 2.30. The number of nitrogens with one attached hydrogen (secondary N) is 1. The maximum atomic E-state index is 12.5. The Morgan fingerprint density at radius 2 is 2.05 bits per heavy atom. The number of carbonyl (C=O) groups excluding carboxylic acids is 1. The Kier molecular flexibility index (Phi) is 4.68. The number of rotatable bonds is 3. The van der Waals surface area contributed by atoms with Crippen molar-refractivity contribution in [1.82, 2.24) is 14.6 Å². The molecule has 1 aliphatic rings. The monoisotopic (exact) mass is 337 g/mol. The Morgan fingerprint density at radius 3 is 2.50 bits per heavy atom. The van der Waals surface area contributed by atoms with Crippen molar-refractivity contribution < 1.29 is 13.2 Å². The van der Waals surface area contributed by atoms with Crippen LogP contribution in [0.15, 0.2) is 4.21 Å². The minimum absolute atomic E-state index is 0.0464. The number of nitrogens with zero attached hydrogens (tertiary/aromatic N) is 2. The summed E-state index contributed by atoms with van der Waals surface area (Å²) < 4.78 is 26.9. The van der Waals surface area contributed by atoms with E-state index in [1.165, 1.54) is 11.2 Å². The lowest BCUT2D eigenvalue weighted by atomic mass is 10.1. The van der Waals surface area contributed by atoms with Gasteiger partial charge >= 0.3 is 0 Å². The van der Waals surface area contributed by atoms with Crippen LogP contribution in [0.5, 0.6) is 0 Å². The molecule has 2 heterocycles. The van der Waals surface area contributed by atoms with Crippen molar-refractivity contribution >= 4 is 38.9 Å². The second-order valence-electron chi connectivity index (χ2n) is 4.72. The van der Waals surface area contributed by atoms with Gasteiger partial charge in [0.1, 0.15) is 0 Å². The number of hydrogen-bond acceptors (Lipinski definition) is 5. The average molecular weight is 338 g/mol. The van der Waals surface area contributed by atoms with E-state index in [0.717, 1.165) is 11.3 Å². The molecule has 1 saturated heterocycles. The van der Waals surface area contributed by atoms with E-state index in [4.69, 9.17) is 11.6 Å². The fraction of sp³-hybridized carbons (Fsp3) is 0.636. The number of carbonyl (C=O) groups is 1. The zero-order chi connectivity index (χ0) is 14.9. The van der Waals surface area contributed by atoms with Crippen molar-refractivity contribution in [3.8, 4) is 0 Å². The SMILES string of the molecule is CC(=O)NC1CCN(S(=O)(=O)c2sc(Cl)nc2C)CC1. The number of sulfonamides is 1. The number of hydrogen-bond donors (Lipinski definition) is 1. The maximum Gasteiger partial charge on any atom is 0.254 e. The van der Waals surface area contributed by atoms with Crippen LogP contribution in [0.25, 0.3) is 0 Å². The molecule has 0 aromatic carbocycles. The van der Waals surface area contributed by atoms with Crippen molar-refractivity contribution in [1.29, 1.82) is 0 Å². The number of piperidine rings is 1. The van der Waals surface area contributed by atoms with E-state index < -0.39 is 10.0 Å². The summed E-state index contributed by atoms with van der Waals surface area (Å²) >= 11 is 6.75. The second kappa shape index (κ2) is 5.97. The van der Waals surface area contributed by atoms with Gasteiger partial charge in [-0.05, 0) is 19.8 Å². The van der Waals surface area contributed by atoms with Gasteiger partial charge in [-0.15, -0.1) is 0 Å². The summed E-state index contributed by atoms with van der Waals surface area (Å²) in [5, 5.41) is 2.82. The lowest BCUT2D eigenvalue weighted by Crippen LogP contribution is -2.45. The summed E-state index contributed by atoms with van der Waals surface area (Å²) in [6, 6.07) is 0.0464. The Bertz CT molecular complexity index is 606. The Labute approximate surface area is 127 Å². The van der Waals surface area contributed by atoms with Crippen LogP contribution in [0.2, 0.25) is 4.47 Å². The zero-order valence-corrected chi connectivity index (χ0v) is 13.6. The van der Waals surface area contributed by atoms with E-state index in [1.807, 2.05) is 0 Å². The topological polar surface area (TPSA) is 79.4 Å². The van der Waals surface area contributed by atoms with E-state index in [2.05, 4.69) is 10.3 Å². The Morgan fingerprint density at radius 1 is 1.45 bits per heavy atom. The van der Waals surface area contributed by atoms with E-state index in [1.54, 1.807) is 6.92 Å². The van der Waals surface area contributed by atoms with Gasteiger partial charge < -0.3 is 5.32 Å². The van der Waals surface area contributed by atoms with Crippen molar-refractivity contribution in [2.45, 2.75) is 36.9 Å². The summed E-state index contributed by atoms with van der Waals surface area (Å²) in [5.74, 6) is -0.0867. The maximum absolute atomic E-state index is 12.5. The molecule has 1 amide bonds. The third-order valence-corrected chi connectivity index (χ3v) is 6.91. The highest BCUT2D eigenvalue weighted by molar-refractivity contribution is 7.91. The van der Waals surface area contributed by atoms with Gasteiger partial charge in [0.2, 0.25) is 5.91 Å². The summed E-state index contributed by atoms with van der Waals surface area (Å²) in [6.45, 7) is 3.88. The fourth-order valence-electron chi connectivity index (χ4n) is 2.24. The average Bonchev–Trinajstić information content (AvgIpc) is 2.69. The third kappa shape index (κ3) is 3.30. The van der Waals surface area contributed by atoms with E-state index >= 15 is 0 Å². The van der Waals surface area contributed by atoms with Crippen LogP contribution in [0.1, 0.15) is 25.5 Å². The summed E-state index contributed by atoms with van der Waals surface area (Å²) in [4.78, 5) is 14.9. The van der Waals surface area contributed by atoms with Crippen LogP contribution in [0, 0.1) is 6.92 Å². The van der Waals surface area contributed by atoms with Crippen molar-refractivity contribution in [3.63, 3.8) is 0 Å². The second-order valence-corrected chi connectivity index (χ2v) is 8.43. The fourth-order valence-corrected chi connectivity index (χ4v) is 5.58. The minimum Gasteiger partial charge on any atom is -0.354 e. The molecule has 112 valence electrons. The first-order valence-corrected chi connectivity index (χ1v) is 8.84. The van der Waals surface area contributed by atoms with Crippen molar-refractivity contribution in [2.75, 3.05) is 13.1 Å². The molecule has 9 heteroatoms. The van der Waals surface area contributed by atoms with Crippen LogP contribution in [0.4, 0.5) is 0 Å². The van der Waals surface area contributed by atoms with Gasteiger partial charge in [0.05, 0.1) is 5.69 Å². The molecule has 0 unspecified atom stereocenters. The number of aryl methyl sites for hydroxylation is 1. The normalized spacial score (nSPS) is 18.1. The van der Waals surface area contributed by atoms with Gasteiger partial charge in [-0.2, -0.15) is 4.31 Å². The number of aromatic nitrogens is 1. The largest absolute Gasteiger partial charge is 0.354 e. The van der Waals surface area contributed by atoms with E-state index in [9.17, 15) is 13.2 Å². The molecular formula is C11H16ClN3O3S2. The number of thiazole rings is 1. The molecule has 1 N–H and O–H groups in total. The quantitative estimate of drug-likeness (QED) is 0.904. The van der Waals surface area contributed by atoms with Crippen LogP contribution in [-0.4, -0.2) is 42.7 Å². The van der Waals surface area contributed by atoms with Gasteiger partial charge in [0.25, 0.3) is 10.0 Å².